The maximum absolute atomic E-state index is 12.4. The lowest BCUT2D eigenvalue weighted by molar-refractivity contribution is 0.0639. The Morgan fingerprint density at radius 3 is 2.52 bits per heavy atom. The number of hydrogen-bond acceptors (Lipinski definition) is 4. The third kappa shape index (κ3) is 2.08. The molecule has 0 fully saturated rings. The molecular weight excluding hydrogens is 268 g/mol. The number of carbonyl (C=O) groups excluding carboxylic acids is 2. The molecule has 2 aromatic rings. The molecule has 1 aromatic heterocycles. The first-order chi connectivity index (χ1) is 10.0. The molecule has 2 heterocycles. The predicted octanol–water partition coefficient (Wildman–Crippen LogP) is 1.36. The van der Waals surface area contributed by atoms with Crippen molar-refractivity contribution in [1.82, 2.24) is 14.7 Å². The van der Waals surface area contributed by atoms with Gasteiger partial charge in [0.1, 0.15) is 0 Å². The fraction of sp³-hybridized carbons (Fsp3) is 0.267. The van der Waals surface area contributed by atoms with Crippen LogP contribution in [-0.4, -0.2) is 26.5 Å². The number of nitrogens with two attached hydrogens (primary N) is 1. The predicted molar refractivity (Wildman–Crippen MR) is 77.6 cm³/mol. The molecule has 0 unspecified atom stereocenters. The van der Waals surface area contributed by atoms with Gasteiger partial charge in [-0.05, 0) is 30.7 Å². The smallest absolute Gasteiger partial charge is 0.261 e. The van der Waals surface area contributed by atoms with Gasteiger partial charge in [-0.15, -0.1) is 0 Å². The van der Waals surface area contributed by atoms with Crippen LogP contribution in [-0.2, 0) is 20.0 Å². The van der Waals surface area contributed by atoms with Crippen LogP contribution in [0.4, 0.5) is 5.69 Å². The third-order valence-corrected chi connectivity index (χ3v) is 3.70. The van der Waals surface area contributed by atoms with Crippen molar-refractivity contribution in [3.63, 3.8) is 0 Å². The number of hydrogen-bond donors (Lipinski definition) is 1. The Morgan fingerprint density at radius 2 is 1.86 bits per heavy atom. The van der Waals surface area contributed by atoms with Gasteiger partial charge in [-0.2, -0.15) is 5.10 Å². The van der Waals surface area contributed by atoms with Crippen LogP contribution in [0.25, 0.3) is 0 Å². The number of anilines is 1. The molecule has 0 saturated heterocycles. The lowest BCUT2D eigenvalue weighted by atomic mass is 10.1. The molecule has 2 amide bonds. The molecule has 3 rings (SSSR count). The number of carbonyl (C=O) groups is 2. The molecule has 108 valence electrons. The van der Waals surface area contributed by atoms with Gasteiger partial charge >= 0.3 is 0 Å². The summed E-state index contributed by atoms with van der Waals surface area (Å²) in [4.78, 5) is 26.0. The van der Waals surface area contributed by atoms with E-state index in [0.717, 1.165) is 17.8 Å². The zero-order chi connectivity index (χ0) is 15.1. The van der Waals surface area contributed by atoms with Crippen LogP contribution < -0.4 is 5.73 Å². The number of aryl methyl sites for hydroxylation is 2. The van der Waals surface area contributed by atoms with E-state index in [1.807, 2.05) is 20.0 Å². The molecule has 1 aliphatic heterocycles. The lowest BCUT2D eigenvalue weighted by Crippen LogP contribution is -2.30. The van der Waals surface area contributed by atoms with E-state index < -0.39 is 0 Å². The molecule has 21 heavy (non-hydrogen) atoms. The van der Waals surface area contributed by atoms with Gasteiger partial charge in [0.15, 0.2) is 0 Å². The van der Waals surface area contributed by atoms with Gasteiger partial charge in [-0.1, -0.05) is 6.92 Å². The summed E-state index contributed by atoms with van der Waals surface area (Å²) < 4.78 is 1.71. The number of nitrogen functional groups attached to an aromatic ring is 1. The molecule has 1 aromatic carbocycles. The number of rotatable bonds is 3. The molecule has 0 atom stereocenters. The van der Waals surface area contributed by atoms with Gasteiger partial charge in [0.05, 0.1) is 29.1 Å². The molecule has 6 heteroatoms. The quantitative estimate of drug-likeness (QED) is 0.681. The number of benzene rings is 1. The van der Waals surface area contributed by atoms with Crippen LogP contribution >= 0.6 is 0 Å². The zero-order valence-electron chi connectivity index (χ0n) is 12.0. The maximum Gasteiger partial charge on any atom is 0.261 e. The molecule has 0 bridgehead atoms. The second kappa shape index (κ2) is 4.73. The summed E-state index contributed by atoms with van der Waals surface area (Å²) in [5.41, 5.74) is 8.71. The first kappa shape index (κ1) is 13.4. The van der Waals surface area contributed by atoms with E-state index >= 15 is 0 Å². The van der Waals surface area contributed by atoms with Crippen LogP contribution in [0.3, 0.4) is 0 Å². The number of nitrogens with zero attached hydrogens (tertiary/aromatic N) is 3. The van der Waals surface area contributed by atoms with Gasteiger partial charge in [0.2, 0.25) is 0 Å². The summed E-state index contributed by atoms with van der Waals surface area (Å²) >= 11 is 0. The second-order valence-electron chi connectivity index (χ2n) is 5.11. The third-order valence-electron chi connectivity index (χ3n) is 3.70. The Balaban J connectivity index is 1.93. The highest BCUT2D eigenvalue weighted by molar-refractivity contribution is 6.21. The van der Waals surface area contributed by atoms with E-state index in [2.05, 4.69) is 5.10 Å². The highest BCUT2D eigenvalue weighted by atomic mass is 16.2. The van der Waals surface area contributed by atoms with Crippen LogP contribution in [0.1, 0.15) is 39.0 Å². The molecule has 1 aliphatic rings. The van der Waals surface area contributed by atoms with E-state index in [4.69, 9.17) is 5.73 Å². The Morgan fingerprint density at radius 1 is 1.14 bits per heavy atom. The summed E-state index contributed by atoms with van der Waals surface area (Å²) in [6.07, 6.45) is 0.812. The first-order valence-electron chi connectivity index (χ1n) is 6.78. The molecule has 0 saturated carbocycles. The van der Waals surface area contributed by atoms with Crippen molar-refractivity contribution in [3.05, 3.63) is 46.8 Å². The van der Waals surface area contributed by atoms with E-state index in [-0.39, 0.29) is 18.4 Å². The molecule has 2 N–H and O–H groups in total. The SMILES string of the molecule is CCc1cc(CN2C(=O)c3ccc(N)cc3C2=O)n(C)n1. The van der Waals surface area contributed by atoms with Crippen LogP contribution in [0.15, 0.2) is 24.3 Å². The normalized spacial score (nSPS) is 13.9. The van der Waals surface area contributed by atoms with Crippen molar-refractivity contribution < 1.29 is 9.59 Å². The van der Waals surface area contributed by atoms with Crippen LogP contribution in [0.5, 0.6) is 0 Å². The molecule has 0 radical (unpaired) electrons. The summed E-state index contributed by atoms with van der Waals surface area (Å²) in [5.74, 6) is -0.587. The van der Waals surface area contributed by atoms with Crippen molar-refractivity contribution in [1.29, 1.82) is 0 Å². The highest BCUT2D eigenvalue weighted by Crippen LogP contribution is 2.26. The van der Waals surface area contributed by atoms with Crippen molar-refractivity contribution in [3.8, 4) is 0 Å². The summed E-state index contributed by atoms with van der Waals surface area (Å²) in [6, 6.07) is 6.70. The van der Waals surface area contributed by atoms with E-state index in [1.54, 1.807) is 22.9 Å². The minimum absolute atomic E-state index is 0.218. The Kier molecular flexibility index (Phi) is 3.01. The number of amides is 2. The Labute approximate surface area is 122 Å². The average molecular weight is 284 g/mol. The fourth-order valence-corrected chi connectivity index (χ4v) is 2.51. The Bertz CT molecular complexity index is 748. The van der Waals surface area contributed by atoms with E-state index in [9.17, 15) is 9.59 Å². The van der Waals surface area contributed by atoms with Crippen LogP contribution in [0.2, 0.25) is 0 Å². The lowest BCUT2D eigenvalue weighted by Gasteiger charge is -2.13. The van der Waals surface area contributed by atoms with Crippen molar-refractivity contribution >= 4 is 17.5 Å². The summed E-state index contributed by atoms with van der Waals surface area (Å²) in [5, 5.41) is 4.33. The van der Waals surface area contributed by atoms with Gasteiger partial charge in [-0.25, -0.2) is 0 Å². The minimum atomic E-state index is -0.304. The van der Waals surface area contributed by atoms with Gasteiger partial charge in [0.25, 0.3) is 11.8 Å². The van der Waals surface area contributed by atoms with E-state index in [1.165, 1.54) is 4.90 Å². The monoisotopic (exact) mass is 284 g/mol. The van der Waals surface area contributed by atoms with Crippen molar-refractivity contribution in [2.24, 2.45) is 7.05 Å². The maximum atomic E-state index is 12.4. The van der Waals surface area contributed by atoms with Gasteiger partial charge < -0.3 is 5.73 Å². The standard InChI is InChI=1S/C15H16N4O2/c1-3-10-7-11(18(2)17-10)8-19-14(20)12-5-4-9(16)6-13(12)15(19)21/h4-7H,3,8,16H2,1-2H3. The zero-order valence-corrected chi connectivity index (χ0v) is 12.0. The molecular formula is C15H16N4O2. The minimum Gasteiger partial charge on any atom is -0.399 e. The first-order valence-corrected chi connectivity index (χ1v) is 6.78. The molecule has 0 aliphatic carbocycles. The molecule has 0 spiro atoms. The Hall–Kier alpha value is -2.63. The van der Waals surface area contributed by atoms with Gasteiger partial charge in [-0.3, -0.25) is 19.2 Å². The highest BCUT2D eigenvalue weighted by Gasteiger charge is 2.36. The van der Waals surface area contributed by atoms with Crippen molar-refractivity contribution in [2.45, 2.75) is 19.9 Å². The summed E-state index contributed by atoms with van der Waals surface area (Å²) in [7, 11) is 1.81. The van der Waals surface area contributed by atoms with Crippen LogP contribution in [0, 0.1) is 0 Å². The fourth-order valence-electron chi connectivity index (χ4n) is 2.51. The number of aromatic nitrogens is 2. The van der Waals surface area contributed by atoms with E-state index in [0.29, 0.717) is 16.8 Å². The second-order valence-corrected chi connectivity index (χ2v) is 5.11. The number of fused-ring (bicyclic) bond motifs is 1. The summed E-state index contributed by atoms with van der Waals surface area (Å²) in [6.45, 7) is 2.23. The number of imide groups is 1. The molecule has 6 nitrogen and oxygen atoms in total. The van der Waals surface area contributed by atoms with Crippen molar-refractivity contribution in [2.75, 3.05) is 5.73 Å². The average Bonchev–Trinajstić information content (AvgIpc) is 2.93. The topological polar surface area (TPSA) is 81.2 Å². The van der Waals surface area contributed by atoms with Gasteiger partial charge in [0, 0.05) is 12.7 Å². The largest absolute Gasteiger partial charge is 0.399 e.